The second-order valence-electron chi connectivity index (χ2n) is 6.04. The molecule has 0 saturated carbocycles. The quantitative estimate of drug-likeness (QED) is 0.838. The Balaban J connectivity index is 0.00000264. The number of nitrogens with two attached hydrogens (primary N) is 1. The Labute approximate surface area is 158 Å². The molecule has 0 spiro atoms. The van der Waals surface area contributed by atoms with Crippen LogP contribution in [0.4, 0.5) is 4.39 Å². The molecule has 1 aromatic heterocycles. The van der Waals surface area contributed by atoms with E-state index in [2.05, 4.69) is 4.98 Å². The molecule has 0 atom stereocenters. The van der Waals surface area contributed by atoms with Gasteiger partial charge in [-0.25, -0.2) is 9.37 Å². The number of amides is 1. The van der Waals surface area contributed by atoms with Crippen LogP contribution >= 0.6 is 36.2 Å². The number of carbonyl (C=O) groups excluding carboxylic acids is 1. The number of thiazole rings is 1. The lowest BCUT2D eigenvalue weighted by molar-refractivity contribution is 0.0745. The van der Waals surface area contributed by atoms with Crippen molar-refractivity contribution in [3.05, 3.63) is 41.2 Å². The highest BCUT2D eigenvalue weighted by molar-refractivity contribution is 7.16. The van der Waals surface area contributed by atoms with E-state index >= 15 is 0 Å². The molecular formula is C16H22Cl2FN3OS. The largest absolute Gasteiger partial charge is 0.340 e. The Bertz CT molecular complexity index is 679. The highest BCUT2D eigenvalue weighted by Gasteiger charge is 2.23. The SMILES string of the molecule is CN(CC(C)(C)CN)C(=O)c1cnc(-c2ccccc2F)s1.Cl.Cl. The molecule has 0 aliphatic carbocycles. The molecule has 2 aromatic rings. The van der Waals surface area contributed by atoms with E-state index in [1.165, 1.54) is 23.6 Å². The molecule has 2 rings (SSSR count). The highest BCUT2D eigenvalue weighted by atomic mass is 35.5. The smallest absolute Gasteiger partial charge is 0.265 e. The molecule has 0 saturated heterocycles. The van der Waals surface area contributed by atoms with Gasteiger partial charge >= 0.3 is 0 Å². The summed E-state index contributed by atoms with van der Waals surface area (Å²) in [4.78, 5) is 18.7. The number of rotatable bonds is 5. The molecule has 0 radical (unpaired) electrons. The molecule has 0 bridgehead atoms. The zero-order valence-corrected chi connectivity index (χ0v) is 16.2. The van der Waals surface area contributed by atoms with Crippen molar-refractivity contribution in [2.75, 3.05) is 20.1 Å². The summed E-state index contributed by atoms with van der Waals surface area (Å²) < 4.78 is 13.8. The van der Waals surface area contributed by atoms with E-state index in [0.29, 0.717) is 28.5 Å². The summed E-state index contributed by atoms with van der Waals surface area (Å²) in [5.74, 6) is -0.463. The van der Waals surface area contributed by atoms with Crippen LogP contribution < -0.4 is 5.73 Å². The first-order chi connectivity index (χ1) is 10.3. The van der Waals surface area contributed by atoms with Crippen molar-refractivity contribution in [1.29, 1.82) is 0 Å². The normalized spacial score (nSPS) is 10.5. The standard InChI is InChI=1S/C16H20FN3OS.2ClH/c1-16(2,9-18)10-20(3)15(21)13-8-19-14(22-13)11-6-4-5-7-12(11)17;;/h4-8H,9-10,18H2,1-3H3;2*1H. The van der Waals surface area contributed by atoms with Gasteiger partial charge in [0.1, 0.15) is 15.7 Å². The average Bonchev–Trinajstić information content (AvgIpc) is 2.96. The second-order valence-corrected chi connectivity index (χ2v) is 7.07. The number of aromatic nitrogens is 1. The van der Waals surface area contributed by atoms with Crippen LogP contribution in [0, 0.1) is 11.2 Å². The predicted molar refractivity (Wildman–Crippen MR) is 102 cm³/mol. The number of benzene rings is 1. The summed E-state index contributed by atoms with van der Waals surface area (Å²) in [6.45, 7) is 5.06. The van der Waals surface area contributed by atoms with Crippen LogP contribution in [-0.4, -0.2) is 35.9 Å². The van der Waals surface area contributed by atoms with Crippen LogP contribution in [0.5, 0.6) is 0 Å². The third-order valence-corrected chi connectivity index (χ3v) is 4.40. The molecule has 0 aliphatic heterocycles. The molecule has 4 nitrogen and oxygen atoms in total. The number of carbonyl (C=O) groups is 1. The lowest BCUT2D eigenvalue weighted by Gasteiger charge is -2.28. The minimum Gasteiger partial charge on any atom is -0.340 e. The van der Waals surface area contributed by atoms with Gasteiger partial charge in [-0.3, -0.25) is 4.79 Å². The Hall–Kier alpha value is -1.21. The van der Waals surface area contributed by atoms with E-state index in [4.69, 9.17) is 5.73 Å². The van der Waals surface area contributed by atoms with Crippen LogP contribution in [-0.2, 0) is 0 Å². The maximum absolute atomic E-state index is 13.8. The minimum absolute atomic E-state index is 0. The van der Waals surface area contributed by atoms with Gasteiger partial charge in [0.05, 0.1) is 6.20 Å². The highest BCUT2D eigenvalue weighted by Crippen LogP contribution is 2.28. The van der Waals surface area contributed by atoms with Crippen LogP contribution in [0.25, 0.3) is 10.6 Å². The summed E-state index contributed by atoms with van der Waals surface area (Å²) in [6.07, 6.45) is 1.50. The monoisotopic (exact) mass is 393 g/mol. The number of nitrogens with zero attached hydrogens (tertiary/aromatic N) is 2. The van der Waals surface area contributed by atoms with Gasteiger partial charge in [0.25, 0.3) is 5.91 Å². The first kappa shape index (κ1) is 22.8. The van der Waals surface area contributed by atoms with Crippen molar-refractivity contribution in [2.24, 2.45) is 11.1 Å². The number of halogens is 3. The maximum Gasteiger partial charge on any atom is 0.265 e. The summed E-state index contributed by atoms with van der Waals surface area (Å²) >= 11 is 1.20. The summed E-state index contributed by atoms with van der Waals surface area (Å²) in [7, 11) is 1.74. The molecule has 0 unspecified atom stereocenters. The maximum atomic E-state index is 13.8. The van der Waals surface area contributed by atoms with E-state index in [-0.39, 0.29) is 42.0 Å². The molecule has 24 heavy (non-hydrogen) atoms. The predicted octanol–water partition coefficient (Wildman–Crippen LogP) is 3.85. The Morgan fingerprint density at radius 1 is 1.33 bits per heavy atom. The minimum atomic E-state index is -0.339. The van der Waals surface area contributed by atoms with Gasteiger partial charge in [0.2, 0.25) is 0 Å². The van der Waals surface area contributed by atoms with Crippen LogP contribution in [0.15, 0.2) is 30.5 Å². The fourth-order valence-electron chi connectivity index (χ4n) is 2.10. The van der Waals surface area contributed by atoms with Crippen LogP contribution in [0.3, 0.4) is 0 Å². The van der Waals surface area contributed by atoms with Gasteiger partial charge in [-0.05, 0) is 24.1 Å². The molecule has 2 N–H and O–H groups in total. The Kier molecular flexibility index (Phi) is 8.85. The fourth-order valence-corrected chi connectivity index (χ4v) is 3.04. The second kappa shape index (κ2) is 9.32. The van der Waals surface area contributed by atoms with Gasteiger partial charge in [-0.15, -0.1) is 36.2 Å². The molecule has 134 valence electrons. The third kappa shape index (κ3) is 5.41. The number of hydrogen-bond donors (Lipinski definition) is 1. The molecule has 8 heteroatoms. The van der Waals surface area contributed by atoms with Crippen molar-refractivity contribution >= 4 is 42.1 Å². The van der Waals surface area contributed by atoms with Crippen molar-refractivity contribution in [1.82, 2.24) is 9.88 Å². The third-order valence-electron chi connectivity index (χ3n) is 3.39. The van der Waals surface area contributed by atoms with E-state index in [1.807, 2.05) is 13.8 Å². The van der Waals surface area contributed by atoms with E-state index in [9.17, 15) is 9.18 Å². The van der Waals surface area contributed by atoms with E-state index < -0.39 is 0 Å². The summed E-state index contributed by atoms with van der Waals surface area (Å²) in [5.41, 5.74) is 5.96. The van der Waals surface area contributed by atoms with E-state index in [0.717, 1.165) is 0 Å². The number of hydrogen-bond acceptors (Lipinski definition) is 4. The molecule has 1 aromatic carbocycles. The van der Waals surface area contributed by atoms with Gasteiger partial charge in [-0.2, -0.15) is 0 Å². The molecule has 0 aliphatic rings. The summed E-state index contributed by atoms with van der Waals surface area (Å²) in [6, 6.07) is 6.41. The van der Waals surface area contributed by atoms with E-state index in [1.54, 1.807) is 30.1 Å². The van der Waals surface area contributed by atoms with Crippen molar-refractivity contribution < 1.29 is 9.18 Å². The Morgan fingerprint density at radius 3 is 2.54 bits per heavy atom. The zero-order chi connectivity index (χ0) is 16.3. The van der Waals surface area contributed by atoms with Gasteiger partial charge in [0.15, 0.2) is 0 Å². The van der Waals surface area contributed by atoms with Crippen molar-refractivity contribution in [3.63, 3.8) is 0 Å². The lowest BCUT2D eigenvalue weighted by Crippen LogP contribution is -2.39. The first-order valence-corrected chi connectivity index (χ1v) is 7.82. The molecule has 0 fully saturated rings. The van der Waals surface area contributed by atoms with Gasteiger partial charge < -0.3 is 10.6 Å². The zero-order valence-electron chi connectivity index (χ0n) is 13.8. The van der Waals surface area contributed by atoms with Crippen LogP contribution in [0.2, 0.25) is 0 Å². The molecule has 1 amide bonds. The first-order valence-electron chi connectivity index (χ1n) is 7.00. The Morgan fingerprint density at radius 2 is 1.96 bits per heavy atom. The van der Waals surface area contributed by atoms with Crippen LogP contribution in [0.1, 0.15) is 23.5 Å². The van der Waals surface area contributed by atoms with Crippen molar-refractivity contribution in [2.45, 2.75) is 13.8 Å². The van der Waals surface area contributed by atoms with Gasteiger partial charge in [0, 0.05) is 19.2 Å². The fraction of sp³-hybridized carbons (Fsp3) is 0.375. The molecule has 1 heterocycles. The lowest BCUT2D eigenvalue weighted by atomic mass is 9.93. The topological polar surface area (TPSA) is 59.2 Å². The summed E-state index contributed by atoms with van der Waals surface area (Å²) in [5, 5.41) is 0.507. The van der Waals surface area contributed by atoms with Gasteiger partial charge in [-0.1, -0.05) is 26.0 Å². The average molecular weight is 394 g/mol. The molecular weight excluding hydrogens is 372 g/mol. The van der Waals surface area contributed by atoms with Crippen molar-refractivity contribution in [3.8, 4) is 10.6 Å².